The van der Waals surface area contributed by atoms with Crippen molar-refractivity contribution in [2.75, 3.05) is 38.6 Å². The second-order valence-corrected chi connectivity index (χ2v) is 5.85. The molecule has 0 saturated carbocycles. The third-order valence-electron chi connectivity index (χ3n) is 3.84. The summed E-state index contributed by atoms with van der Waals surface area (Å²) in [5.74, 6) is -0.137. The number of halogens is 1. The highest BCUT2D eigenvalue weighted by Crippen LogP contribution is 2.25. The summed E-state index contributed by atoms with van der Waals surface area (Å²) in [7, 11) is 4.15. The fraction of sp³-hybridized carbons (Fsp3) is 0.647. The number of rotatable bonds is 9. The molecule has 120 valence electrons. The molecule has 1 unspecified atom stereocenters. The lowest BCUT2D eigenvalue weighted by molar-refractivity contribution is 0.400. The van der Waals surface area contributed by atoms with Gasteiger partial charge in [-0.1, -0.05) is 13.0 Å². The highest BCUT2D eigenvalue weighted by molar-refractivity contribution is 5.54. The van der Waals surface area contributed by atoms with Crippen LogP contribution in [0.5, 0.6) is 0 Å². The summed E-state index contributed by atoms with van der Waals surface area (Å²) in [4.78, 5) is 4.43. The van der Waals surface area contributed by atoms with Gasteiger partial charge >= 0.3 is 0 Å². The minimum absolute atomic E-state index is 0.0149. The molecule has 0 heterocycles. The first-order valence-electron chi connectivity index (χ1n) is 7.92. The molecule has 1 aromatic rings. The third kappa shape index (κ3) is 5.64. The molecule has 21 heavy (non-hydrogen) atoms. The number of hydrogen-bond donors (Lipinski definition) is 1. The molecule has 0 aliphatic carbocycles. The average Bonchev–Trinajstić information content (AvgIpc) is 2.45. The molecule has 0 amide bonds. The van der Waals surface area contributed by atoms with E-state index in [0.717, 1.165) is 43.7 Å². The first kappa shape index (κ1) is 17.9. The molecule has 0 saturated heterocycles. The second kappa shape index (κ2) is 9.00. The largest absolute Gasteiger partial charge is 0.371 e. The second-order valence-electron chi connectivity index (χ2n) is 5.85. The number of nitrogens with two attached hydrogens (primary N) is 1. The van der Waals surface area contributed by atoms with E-state index >= 15 is 0 Å². The van der Waals surface area contributed by atoms with E-state index in [2.05, 4.69) is 30.8 Å². The minimum Gasteiger partial charge on any atom is -0.371 e. The topological polar surface area (TPSA) is 32.5 Å². The molecular formula is C17H30FN3. The molecule has 1 rings (SSSR count). The van der Waals surface area contributed by atoms with Crippen LogP contribution in [0, 0.1) is 5.82 Å². The first-order chi connectivity index (χ1) is 9.99. The highest BCUT2D eigenvalue weighted by atomic mass is 19.1. The van der Waals surface area contributed by atoms with Crippen molar-refractivity contribution in [2.45, 2.75) is 39.2 Å². The van der Waals surface area contributed by atoms with Crippen molar-refractivity contribution >= 4 is 5.69 Å². The van der Waals surface area contributed by atoms with Gasteiger partial charge in [0.25, 0.3) is 0 Å². The Kier molecular flexibility index (Phi) is 7.68. The number of nitrogens with zero attached hydrogens (tertiary/aromatic N) is 2. The summed E-state index contributed by atoms with van der Waals surface area (Å²) in [5.41, 5.74) is 7.80. The van der Waals surface area contributed by atoms with Gasteiger partial charge in [0.05, 0.1) is 0 Å². The van der Waals surface area contributed by atoms with Gasteiger partial charge in [-0.25, -0.2) is 4.39 Å². The molecule has 0 aromatic heterocycles. The molecular weight excluding hydrogens is 265 g/mol. The maximum atomic E-state index is 14.2. The Bertz CT molecular complexity index is 420. The van der Waals surface area contributed by atoms with Crippen molar-refractivity contribution in [3.63, 3.8) is 0 Å². The Hall–Kier alpha value is -1.13. The van der Waals surface area contributed by atoms with Crippen LogP contribution in [-0.4, -0.2) is 44.7 Å². The van der Waals surface area contributed by atoms with E-state index in [4.69, 9.17) is 5.73 Å². The van der Waals surface area contributed by atoms with Crippen molar-refractivity contribution in [2.24, 2.45) is 5.73 Å². The van der Waals surface area contributed by atoms with Crippen LogP contribution >= 0.6 is 0 Å². The Balaban J connectivity index is 2.89. The van der Waals surface area contributed by atoms with Gasteiger partial charge in [-0.2, -0.15) is 0 Å². The van der Waals surface area contributed by atoms with E-state index in [1.807, 2.05) is 13.0 Å². The van der Waals surface area contributed by atoms with Gasteiger partial charge in [0.15, 0.2) is 0 Å². The quantitative estimate of drug-likeness (QED) is 0.760. The molecule has 0 fully saturated rings. The molecule has 1 atom stereocenters. The smallest absolute Gasteiger partial charge is 0.128 e. The van der Waals surface area contributed by atoms with Gasteiger partial charge in [0, 0.05) is 30.4 Å². The van der Waals surface area contributed by atoms with Crippen LogP contribution in [0.1, 0.15) is 32.3 Å². The van der Waals surface area contributed by atoms with E-state index in [-0.39, 0.29) is 11.9 Å². The van der Waals surface area contributed by atoms with Crippen LogP contribution < -0.4 is 10.6 Å². The summed E-state index contributed by atoms with van der Waals surface area (Å²) in [6.45, 7) is 7.01. The molecule has 4 heteroatoms. The Labute approximate surface area is 128 Å². The fourth-order valence-electron chi connectivity index (χ4n) is 2.48. The monoisotopic (exact) mass is 295 g/mol. The van der Waals surface area contributed by atoms with E-state index < -0.39 is 0 Å². The molecule has 0 aliphatic rings. The van der Waals surface area contributed by atoms with Crippen molar-refractivity contribution in [3.05, 3.63) is 29.6 Å². The lowest BCUT2D eigenvalue weighted by Gasteiger charge is -2.27. The van der Waals surface area contributed by atoms with Crippen molar-refractivity contribution in [1.29, 1.82) is 0 Å². The zero-order valence-electron chi connectivity index (χ0n) is 13.9. The molecule has 0 bridgehead atoms. The predicted octanol–water partition coefficient (Wildman–Crippen LogP) is 2.88. The lowest BCUT2D eigenvalue weighted by atomic mass is 10.0. The molecule has 2 N–H and O–H groups in total. The lowest BCUT2D eigenvalue weighted by Crippen LogP contribution is -2.29. The fourth-order valence-corrected chi connectivity index (χ4v) is 2.48. The normalized spacial score (nSPS) is 12.7. The van der Waals surface area contributed by atoms with Crippen molar-refractivity contribution < 1.29 is 4.39 Å². The zero-order chi connectivity index (χ0) is 15.8. The van der Waals surface area contributed by atoms with E-state index in [1.54, 1.807) is 6.07 Å². The van der Waals surface area contributed by atoms with Gasteiger partial charge < -0.3 is 15.5 Å². The number of hydrogen-bond acceptors (Lipinski definition) is 3. The molecule has 3 nitrogen and oxygen atoms in total. The van der Waals surface area contributed by atoms with Crippen LogP contribution in [0.15, 0.2) is 18.2 Å². The highest BCUT2D eigenvalue weighted by Gasteiger charge is 2.15. The SMILES string of the molecule is CCC(N)Cc1c(F)cccc1N(CC)CCCN(C)C. The first-order valence-corrected chi connectivity index (χ1v) is 7.92. The van der Waals surface area contributed by atoms with E-state index in [9.17, 15) is 4.39 Å². The van der Waals surface area contributed by atoms with Crippen LogP contribution in [0.25, 0.3) is 0 Å². The summed E-state index contributed by atoms with van der Waals surface area (Å²) in [6, 6.07) is 5.36. The number of anilines is 1. The predicted molar refractivity (Wildman–Crippen MR) is 89.4 cm³/mol. The molecule has 0 spiro atoms. The Morgan fingerprint density at radius 2 is 1.90 bits per heavy atom. The van der Waals surface area contributed by atoms with Gasteiger partial charge in [0.2, 0.25) is 0 Å². The molecule has 1 aromatic carbocycles. The minimum atomic E-state index is -0.137. The zero-order valence-corrected chi connectivity index (χ0v) is 13.9. The summed E-state index contributed by atoms with van der Waals surface area (Å²) in [6.07, 6.45) is 2.53. The van der Waals surface area contributed by atoms with Crippen molar-refractivity contribution in [1.82, 2.24) is 4.90 Å². The van der Waals surface area contributed by atoms with Crippen LogP contribution in [-0.2, 0) is 6.42 Å². The maximum Gasteiger partial charge on any atom is 0.128 e. The van der Waals surface area contributed by atoms with Gasteiger partial charge in [-0.05, 0) is 59.0 Å². The standard InChI is InChI=1S/C17H30FN3/c1-5-14(19)13-15-16(18)9-7-10-17(15)21(6-2)12-8-11-20(3)4/h7,9-10,14H,5-6,8,11-13,19H2,1-4H3. The van der Waals surface area contributed by atoms with Crippen LogP contribution in [0.2, 0.25) is 0 Å². The summed E-state index contributed by atoms with van der Waals surface area (Å²) < 4.78 is 14.2. The van der Waals surface area contributed by atoms with E-state index in [1.165, 1.54) is 6.07 Å². The van der Waals surface area contributed by atoms with Crippen LogP contribution in [0.3, 0.4) is 0 Å². The average molecular weight is 295 g/mol. The maximum absolute atomic E-state index is 14.2. The Morgan fingerprint density at radius 3 is 2.48 bits per heavy atom. The van der Waals surface area contributed by atoms with Gasteiger partial charge in [-0.15, -0.1) is 0 Å². The van der Waals surface area contributed by atoms with Crippen molar-refractivity contribution in [3.8, 4) is 0 Å². The number of benzene rings is 1. The molecule has 0 aliphatic heterocycles. The summed E-state index contributed by atoms with van der Waals surface area (Å²) >= 11 is 0. The van der Waals surface area contributed by atoms with Gasteiger partial charge in [-0.3, -0.25) is 0 Å². The third-order valence-corrected chi connectivity index (χ3v) is 3.84. The van der Waals surface area contributed by atoms with Crippen LogP contribution in [0.4, 0.5) is 10.1 Å². The van der Waals surface area contributed by atoms with E-state index in [0.29, 0.717) is 6.42 Å². The van der Waals surface area contributed by atoms with Gasteiger partial charge in [0.1, 0.15) is 5.82 Å². The molecule has 0 radical (unpaired) electrons. The summed E-state index contributed by atoms with van der Waals surface area (Å²) in [5, 5.41) is 0. The Morgan fingerprint density at radius 1 is 1.19 bits per heavy atom.